The predicted octanol–water partition coefficient (Wildman–Crippen LogP) is 1.39. The van der Waals surface area contributed by atoms with Gasteiger partial charge in [0.15, 0.2) is 5.82 Å². The first-order valence-corrected chi connectivity index (χ1v) is 8.16. The van der Waals surface area contributed by atoms with E-state index in [2.05, 4.69) is 26.3 Å². The SMILES string of the molecule is Cc1ccc(Br)c(C(=O)Nc2nn(C)cc2S(N)(=O)=O)c1. The van der Waals surface area contributed by atoms with Crippen LogP contribution < -0.4 is 10.5 Å². The third kappa shape index (κ3) is 3.49. The highest BCUT2D eigenvalue weighted by Gasteiger charge is 2.21. The van der Waals surface area contributed by atoms with Gasteiger partial charge in [-0.1, -0.05) is 11.6 Å². The number of hydrogen-bond donors (Lipinski definition) is 2. The van der Waals surface area contributed by atoms with Crippen molar-refractivity contribution in [1.29, 1.82) is 0 Å². The van der Waals surface area contributed by atoms with Gasteiger partial charge in [-0.25, -0.2) is 13.6 Å². The Kier molecular flexibility index (Phi) is 4.17. The van der Waals surface area contributed by atoms with Crippen molar-refractivity contribution in [1.82, 2.24) is 9.78 Å². The Bertz CT molecular complexity index is 814. The van der Waals surface area contributed by atoms with Crippen LogP contribution in [0, 0.1) is 6.92 Å². The van der Waals surface area contributed by atoms with Gasteiger partial charge in [0.2, 0.25) is 10.0 Å². The number of carbonyl (C=O) groups excluding carboxylic acids is 1. The van der Waals surface area contributed by atoms with E-state index in [1.54, 1.807) is 12.1 Å². The summed E-state index contributed by atoms with van der Waals surface area (Å²) in [5.41, 5.74) is 1.28. The van der Waals surface area contributed by atoms with Crippen LogP contribution >= 0.6 is 15.9 Å². The second kappa shape index (κ2) is 5.58. The second-order valence-electron chi connectivity index (χ2n) is 4.50. The van der Waals surface area contributed by atoms with E-state index in [1.807, 2.05) is 13.0 Å². The Labute approximate surface area is 130 Å². The van der Waals surface area contributed by atoms with Gasteiger partial charge in [-0.05, 0) is 35.0 Å². The van der Waals surface area contributed by atoms with E-state index in [4.69, 9.17) is 5.14 Å². The molecular weight excluding hydrogens is 360 g/mol. The lowest BCUT2D eigenvalue weighted by Crippen LogP contribution is -2.18. The summed E-state index contributed by atoms with van der Waals surface area (Å²) in [4.78, 5) is 12.0. The number of sulfonamides is 1. The summed E-state index contributed by atoms with van der Waals surface area (Å²) in [6, 6.07) is 5.26. The van der Waals surface area contributed by atoms with Crippen LogP contribution in [-0.2, 0) is 17.1 Å². The first-order valence-electron chi connectivity index (χ1n) is 5.82. The van der Waals surface area contributed by atoms with E-state index in [0.717, 1.165) is 5.56 Å². The van der Waals surface area contributed by atoms with Crippen LogP contribution in [0.4, 0.5) is 5.82 Å². The van der Waals surface area contributed by atoms with Crippen LogP contribution in [0.1, 0.15) is 15.9 Å². The molecule has 2 aromatic rings. The predicted molar refractivity (Wildman–Crippen MR) is 81.4 cm³/mol. The number of nitrogens with zero attached hydrogens (tertiary/aromatic N) is 2. The number of nitrogens with two attached hydrogens (primary N) is 1. The zero-order valence-electron chi connectivity index (χ0n) is 11.3. The highest BCUT2D eigenvalue weighted by Crippen LogP contribution is 2.22. The number of hydrogen-bond acceptors (Lipinski definition) is 4. The quantitative estimate of drug-likeness (QED) is 0.848. The molecule has 0 saturated carbocycles. The summed E-state index contributed by atoms with van der Waals surface area (Å²) in [6.07, 6.45) is 1.23. The molecule has 1 heterocycles. The second-order valence-corrected chi connectivity index (χ2v) is 6.88. The summed E-state index contributed by atoms with van der Waals surface area (Å²) in [7, 11) is -2.43. The van der Waals surface area contributed by atoms with Gasteiger partial charge in [0.1, 0.15) is 4.90 Å². The summed E-state index contributed by atoms with van der Waals surface area (Å²) in [5, 5.41) is 11.5. The monoisotopic (exact) mass is 372 g/mol. The van der Waals surface area contributed by atoms with Gasteiger partial charge in [-0.3, -0.25) is 9.48 Å². The Morgan fingerprint density at radius 2 is 2.10 bits per heavy atom. The fraction of sp³-hybridized carbons (Fsp3) is 0.167. The maximum absolute atomic E-state index is 12.2. The number of rotatable bonds is 3. The molecule has 3 N–H and O–H groups in total. The molecule has 0 spiro atoms. The van der Waals surface area contributed by atoms with Gasteiger partial charge in [0.25, 0.3) is 5.91 Å². The molecule has 0 unspecified atom stereocenters. The largest absolute Gasteiger partial charge is 0.304 e. The molecule has 112 valence electrons. The standard InChI is InChI=1S/C12H13BrN4O3S/c1-7-3-4-9(13)8(5-7)12(18)15-11-10(21(14,19)20)6-17(2)16-11/h3-6H,1-2H3,(H2,14,19,20)(H,15,16,18). The molecule has 0 bridgehead atoms. The van der Waals surface area contributed by atoms with E-state index in [1.165, 1.54) is 17.9 Å². The zero-order chi connectivity index (χ0) is 15.8. The van der Waals surface area contributed by atoms with Crippen molar-refractivity contribution in [2.24, 2.45) is 12.2 Å². The number of aromatic nitrogens is 2. The first-order chi connectivity index (χ1) is 9.68. The lowest BCUT2D eigenvalue weighted by molar-refractivity contribution is 0.102. The molecule has 0 aliphatic carbocycles. The van der Waals surface area contributed by atoms with Crippen LogP contribution in [0.2, 0.25) is 0 Å². The molecule has 2 rings (SSSR count). The number of primary sulfonamides is 1. The number of carbonyl (C=O) groups is 1. The fourth-order valence-electron chi connectivity index (χ4n) is 1.75. The van der Waals surface area contributed by atoms with E-state index in [9.17, 15) is 13.2 Å². The van der Waals surface area contributed by atoms with Crippen LogP contribution in [-0.4, -0.2) is 24.1 Å². The van der Waals surface area contributed by atoms with Crippen LogP contribution in [0.5, 0.6) is 0 Å². The Morgan fingerprint density at radius 1 is 1.43 bits per heavy atom. The molecule has 0 fully saturated rings. The average Bonchev–Trinajstić information content (AvgIpc) is 2.73. The molecule has 0 atom stereocenters. The highest BCUT2D eigenvalue weighted by molar-refractivity contribution is 9.10. The van der Waals surface area contributed by atoms with Crippen LogP contribution in [0.3, 0.4) is 0 Å². The molecule has 0 aliphatic heterocycles. The molecule has 7 nitrogen and oxygen atoms in total. The topological polar surface area (TPSA) is 107 Å². The highest BCUT2D eigenvalue weighted by atomic mass is 79.9. The molecule has 0 saturated heterocycles. The number of aryl methyl sites for hydroxylation is 2. The van der Waals surface area contributed by atoms with Gasteiger partial charge in [-0.2, -0.15) is 5.10 Å². The molecule has 0 radical (unpaired) electrons. The summed E-state index contributed by atoms with van der Waals surface area (Å²) >= 11 is 3.28. The van der Waals surface area contributed by atoms with Gasteiger partial charge in [0, 0.05) is 17.7 Å². The van der Waals surface area contributed by atoms with Crippen molar-refractivity contribution >= 4 is 37.7 Å². The molecule has 1 amide bonds. The lowest BCUT2D eigenvalue weighted by atomic mass is 10.1. The Hall–Kier alpha value is -1.71. The minimum Gasteiger partial charge on any atom is -0.304 e. The maximum Gasteiger partial charge on any atom is 0.258 e. The summed E-state index contributed by atoms with van der Waals surface area (Å²) in [6.45, 7) is 1.85. The van der Waals surface area contributed by atoms with Crippen molar-refractivity contribution < 1.29 is 13.2 Å². The Balaban J connectivity index is 2.39. The van der Waals surface area contributed by atoms with Crippen molar-refractivity contribution in [3.05, 3.63) is 40.0 Å². The third-order valence-electron chi connectivity index (χ3n) is 2.70. The van der Waals surface area contributed by atoms with Gasteiger partial charge >= 0.3 is 0 Å². The van der Waals surface area contributed by atoms with Crippen molar-refractivity contribution in [2.75, 3.05) is 5.32 Å². The molecule has 21 heavy (non-hydrogen) atoms. The normalized spacial score (nSPS) is 11.4. The van der Waals surface area contributed by atoms with Crippen molar-refractivity contribution in [3.8, 4) is 0 Å². The smallest absolute Gasteiger partial charge is 0.258 e. The number of benzene rings is 1. The maximum atomic E-state index is 12.2. The van der Waals surface area contributed by atoms with Gasteiger partial charge in [-0.15, -0.1) is 0 Å². The first kappa shape index (κ1) is 15.7. The molecule has 1 aromatic carbocycles. The van der Waals surface area contributed by atoms with Crippen molar-refractivity contribution in [3.63, 3.8) is 0 Å². The Morgan fingerprint density at radius 3 is 2.71 bits per heavy atom. The van der Waals surface area contributed by atoms with Crippen molar-refractivity contribution in [2.45, 2.75) is 11.8 Å². The van der Waals surface area contributed by atoms with E-state index >= 15 is 0 Å². The number of nitrogens with one attached hydrogen (secondary N) is 1. The number of anilines is 1. The zero-order valence-corrected chi connectivity index (χ0v) is 13.7. The average molecular weight is 373 g/mol. The van der Waals surface area contributed by atoms with E-state index < -0.39 is 15.9 Å². The lowest BCUT2D eigenvalue weighted by Gasteiger charge is -2.07. The number of amides is 1. The van der Waals surface area contributed by atoms with Gasteiger partial charge in [0.05, 0.1) is 5.56 Å². The molecule has 0 aliphatic rings. The minimum absolute atomic E-state index is 0.0987. The fourth-order valence-corrected chi connectivity index (χ4v) is 2.84. The summed E-state index contributed by atoms with van der Waals surface area (Å²) in [5.74, 6) is -0.576. The summed E-state index contributed by atoms with van der Waals surface area (Å²) < 4.78 is 24.8. The number of halogens is 1. The molecule has 9 heteroatoms. The third-order valence-corrected chi connectivity index (χ3v) is 4.30. The minimum atomic E-state index is -3.97. The molecular formula is C12H13BrN4O3S. The van der Waals surface area contributed by atoms with Gasteiger partial charge < -0.3 is 5.32 Å². The van der Waals surface area contributed by atoms with Crippen LogP contribution in [0.25, 0.3) is 0 Å². The molecule has 1 aromatic heterocycles. The van der Waals surface area contributed by atoms with E-state index in [0.29, 0.717) is 10.0 Å². The van der Waals surface area contributed by atoms with Crippen LogP contribution in [0.15, 0.2) is 33.8 Å². The van der Waals surface area contributed by atoms with E-state index in [-0.39, 0.29) is 10.7 Å².